The van der Waals surface area contributed by atoms with Crippen LogP contribution in [0.1, 0.15) is 40.9 Å². The van der Waals surface area contributed by atoms with Crippen molar-refractivity contribution < 1.29 is 0 Å². The Labute approximate surface area is 159 Å². The van der Waals surface area contributed by atoms with Crippen LogP contribution in [0.25, 0.3) is 0 Å². The second-order valence-electron chi connectivity index (χ2n) is 5.22. The Kier molecular flexibility index (Phi) is 8.54. The number of aromatic nitrogens is 1. The van der Waals surface area contributed by atoms with E-state index in [1.807, 2.05) is 6.20 Å². The Morgan fingerprint density at radius 1 is 1.35 bits per heavy atom. The fraction of sp³-hybridized carbons (Fsp3) is 0.412. The van der Waals surface area contributed by atoms with Gasteiger partial charge in [-0.2, -0.15) is 0 Å². The fourth-order valence-electron chi connectivity index (χ4n) is 2.30. The summed E-state index contributed by atoms with van der Waals surface area (Å²) in [5, 5.41) is 7.85. The zero-order valence-corrected chi connectivity index (χ0v) is 17.2. The molecule has 0 saturated carbocycles. The zero-order valence-electron chi connectivity index (χ0n) is 14.1. The predicted octanol–water partition coefficient (Wildman–Crippen LogP) is 4.06. The molecule has 0 radical (unpaired) electrons. The lowest BCUT2D eigenvalue weighted by molar-refractivity contribution is 0.681. The lowest BCUT2D eigenvalue weighted by Gasteiger charge is -2.19. The average Bonchev–Trinajstić information content (AvgIpc) is 2.99. The SMILES string of the molecule is CCc1cnc(CNC(=NC)NC(C)c2ccccc2C)s1.I. The van der Waals surface area contributed by atoms with Gasteiger partial charge in [-0.25, -0.2) is 4.98 Å². The maximum Gasteiger partial charge on any atom is 0.191 e. The van der Waals surface area contributed by atoms with Crippen LogP contribution in [-0.4, -0.2) is 18.0 Å². The molecule has 0 fully saturated rings. The third kappa shape index (κ3) is 5.76. The Hall–Kier alpha value is -1.15. The van der Waals surface area contributed by atoms with Crippen molar-refractivity contribution in [2.24, 2.45) is 4.99 Å². The third-order valence-electron chi connectivity index (χ3n) is 3.59. The molecule has 2 aromatic rings. The molecule has 1 unspecified atom stereocenters. The van der Waals surface area contributed by atoms with Crippen molar-refractivity contribution in [3.63, 3.8) is 0 Å². The van der Waals surface area contributed by atoms with Gasteiger partial charge in [0, 0.05) is 18.1 Å². The minimum absolute atomic E-state index is 0. The summed E-state index contributed by atoms with van der Waals surface area (Å²) in [5.41, 5.74) is 2.57. The Bertz CT molecular complexity index is 639. The van der Waals surface area contributed by atoms with E-state index < -0.39 is 0 Å². The first-order valence-corrected chi connectivity index (χ1v) is 8.42. The van der Waals surface area contributed by atoms with Crippen molar-refractivity contribution in [2.75, 3.05) is 7.05 Å². The van der Waals surface area contributed by atoms with Crippen LogP contribution in [0.2, 0.25) is 0 Å². The maximum absolute atomic E-state index is 4.42. The number of thiazole rings is 1. The Morgan fingerprint density at radius 3 is 2.70 bits per heavy atom. The molecule has 126 valence electrons. The van der Waals surface area contributed by atoms with Crippen molar-refractivity contribution >= 4 is 41.3 Å². The quantitative estimate of drug-likeness (QED) is 0.416. The Morgan fingerprint density at radius 2 is 2.09 bits per heavy atom. The highest BCUT2D eigenvalue weighted by molar-refractivity contribution is 14.0. The normalized spacial score (nSPS) is 12.4. The number of hydrogen-bond donors (Lipinski definition) is 2. The third-order valence-corrected chi connectivity index (χ3v) is 4.73. The summed E-state index contributed by atoms with van der Waals surface area (Å²) in [5.74, 6) is 0.795. The number of nitrogens with zero attached hydrogens (tertiary/aromatic N) is 2. The predicted molar refractivity (Wildman–Crippen MR) is 110 cm³/mol. The van der Waals surface area contributed by atoms with Gasteiger partial charge in [-0.3, -0.25) is 4.99 Å². The molecule has 0 aliphatic heterocycles. The molecule has 2 N–H and O–H groups in total. The molecule has 0 aliphatic carbocycles. The number of hydrogen-bond acceptors (Lipinski definition) is 3. The minimum atomic E-state index is 0. The first-order chi connectivity index (χ1) is 10.6. The Balaban J connectivity index is 0.00000264. The van der Waals surface area contributed by atoms with E-state index in [0.717, 1.165) is 17.4 Å². The smallest absolute Gasteiger partial charge is 0.191 e. The van der Waals surface area contributed by atoms with E-state index in [9.17, 15) is 0 Å². The maximum atomic E-state index is 4.42. The van der Waals surface area contributed by atoms with Gasteiger partial charge in [0.25, 0.3) is 0 Å². The van der Waals surface area contributed by atoms with Gasteiger partial charge in [0.2, 0.25) is 0 Å². The van der Waals surface area contributed by atoms with Crippen LogP contribution >= 0.6 is 35.3 Å². The van der Waals surface area contributed by atoms with E-state index in [-0.39, 0.29) is 30.0 Å². The molecule has 0 bridgehead atoms. The number of aryl methyl sites for hydroxylation is 2. The van der Waals surface area contributed by atoms with Gasteiger partial charge in [-0.1, -0.05) is 31.2 Å². The molecular weight excluding hydrogens is 419 g/mol. The molecule has 0 aliphatic rings. The van der Waals surface area contributed by atoms with E-state index in [2.05, 4.69) is 65.6 Å². The highest BCUT2D eigenvalue weighted by atomic mass is 127. The second kappa shape index (κ2) is 9.87. The van der Waals surface area contributed by atoms with Gasteiger partial charge in [-0.15, -0.1) is 35.3 Å². The first kappa shape index (κ1) is 19.9. The number of halogens is 1. The summed E-state index contributed by atoms with van der Waals surface area (Å²) in [6, 6.07) is 8.61. The van der Waals surface area contributed by atoms with Gasteiger partial charge in [-0.05, 0) is 31.4 Å². The van der Waals surface area contributed by atoms with Crippen LogP contribution in [0.3, 0.4) is 0 Å². The van der Waals surface area contributed by atoms with Gasteiger partial charge in [0.1, 0.15) is 5.01 Å². The minimum Gasteiger partial charge on any atom is -0.350 e. The molecule has 1 aromatic heterocycles. The zero-order chi connectivity index (χ0) is 15.9. The first-order valence-electron chi connectivity index (χ1n) is 7.60. The fourth-order valence-corrected chi connectivity index (χ4v) is 3.10. The summed E-state index contributed by atoms with van der Waals surface area (Å²) >= 11 is 1.75. The van der Waals surface area contributed by atoms with Gasteiger partial charge in [0.15, 0.2) is 5.96 Å². The van der Waals surface area contributed by atoms with E-state index in [4.69, 9.17) is 0 Å². The summed E-state index contributed by atoms with van der Waals surface area (Å²) < 4.78 is 0. The molecule has 4 nitrogen and oxygen atoms in total. The van der Waals surface area contributed by atoms with Crippen LogP contribution in [0.15, 0.2) is 35.5 Å². The summed E-state index contributed by atoms with van der Waals surface area (Å²) in [6.07, 6.45) is 2.99. The molecule has 0 spiro atoms. The summed E-state index contributed by atoms with van der Waals surface area (Å²) in [7, 11) is 1.79. The molecule has 0 amide bonds. The summed E-state index contributed by atoms with van der Waals surface area (Å²) in [4.78, 5) is 10.0. The van der Waals surface area contributed by atoms with Crippen LogP contribution in [-0.2, 0) is 13.0 Å². The van der Waals surface area contributed by atoms with Gasteiger partial charge >= 0.3 is 0 Å². The largest absolute Gasteiger partial charge is 0.350 e. The molecule has 2 rings (SSSR count). The average molecular weight is 444 g/mol. The topological polar surface area (TPSA) is 49.3 Å². The molecule has 1 heterocycles. The van der Waals surface area contributed by atoms with Crippen molar-refractivity contribution in [1.29, 1.82) is 0 Å². The van der Waals surface area contributed by atoms with E-state index in [0.29, 0.717) is 6.54 Å². The second-order valence-corrected chi connectivity index (χ2v) is 6.42. The number of rotatable bonds is 5. The van der Waals surface area contributed by atoms with Crippen molar-refractivity contribution in [2.45, 2.75) is 39.8 Å². The molecule has 0 saturated heterocycles. The number of guanidine groups is 1. The molecule has 1 aromatic carbocycles. The molecular formula is C17H25IN4S. The molecule has 1 atom stereocenters. The number of aliphatic imine (C=N–C) groups is 1. The van der Waals surface area contributed by atoms with Crippen molar-refractivity contribution in [3.05, 3.63) is 51.5 Å². The highest BCUT2D eigenvalue weighted by Crippen LogP contribution is 2.16. The van der Waals surface area contributed by atoms with Crippen LogP contribution in [0.4, 0.5) is 0 Å². The van der Waals surface area contributed by atoms with E-state index in [1.165, 1.54) is 16.0 Å². The van der Waals surface area contributed by atoms with Gasteiger partial charge < -0.3 is 10.6 Å². The van der Waals surface area contributed by atoms with Crippen molar-refractivity contribution in [1.82, 2.24) is 15.6 Å². The van der Waals surface area contributed by atoms with Crippen molar-refractivity contribution in [3.8, 4) is 0 Å². The van der Waals surface area contributed by atoms with Crippen LogP contribution in [0, 0.1) is 6.92 Å². The monoisotopic (exact) mass is 444 g/mol. The lowest BCUT2D eigenvalue weighted by Crippen LogP contribution is -2.38. The molecule has 23 heavy (non-hydrogen) atoms. The summed E-state index contributed by atoms with van der Waals surface area (Å²) in [6.45, 7) is 7.12. The number of benzene rings is 1. The van der Waals surface area contributed by atoms with Crippen LogP contribution < -0.4 is 10.6 Å². The van der Waals surface area contributed by atoms with Gasteiger partial charge in [0.05, 0.1) is 12.6 Å². The van der Waals surface area contributed by atoms with E-state index >= 15 is 0 Å². The highest BCUT2D eigenvalue weighted by Gasteiger charge is 2.10. The molecule has 6 heteroatoms. The number of nitrogens with one attached hydrogen (secondary N) is 2. The standard InChI is InChI=1S/C17H24N4S.HI/c1-5-14-10-19-16(22-14)11-20-17(18-4)21-13(3)15-9-7-6-8-12(15)2;/h6-10,13H,5,11H2,1-4H3,(H2,18,20,21);1H. The lowest BCUT2D eigenvalue weighted by atomic mass is 10.0. The van der Waals surface area contributed by atoms with Crippen LogP contribution in [0.5, 0.6) is 0 Å². The van der Waals surface area contributed by atoms with E-state index in [1.54, 1.807) is 18.4 Å².